The largest absolute Gasteiger partial charge is 0.477 e. The molecule has 0 aliphatic heterocycles. The van der Waals surface area contributed by atoms with Gasteiger partial charge in [-0.2, -0.15) is 0 Å². The van der Waals surface area contributed by atoms with Crippen LogP contribution in [0.5, 0.6) is 0 Å². The summed E-state index contributed by atoms with van der Waals surface area (Å²) in [7, 11) is 1.33. The fraction of sp³-hybridized carbons (Fsp3) is 0.211. The maximum absolute atomic E-state index is 12.7. The number of aromatic nitrogens is 3. The Labute approximate surface area is 159 Å². The Bertz CT molecular complexity index is 1120. The van der Waals surface area contributed by atoms with Crippen LogP contribution in [0.4, 0.5) is 0 Å². The van der Waals surface area contributed by atoms with E-state index in [1.807, 2.05) is 0 Å². The van der Waals surface area contributed by atoms with Crippen molar-refractivity contribution in [2.45, 2.75) is 18.9 Å². The van der Waals surface area contributed by atoms with Gasteiger partial charge in [-0.05, 0) is 36.1 Å². The number of carboxylic acid groups (broad SMARTS) is 1. The zero-order valence-corrected chi connectivity index (χ0v) is 14.9. The lowest BCUT2D eigenvalue weighted by molar-refractivity contribution is 0.0599. The number of aromatic carboxylic acids is 1. The number of carbonyl (C=O) groups excluding carboxylic acids is 2. The summed E-state index contributed by atoms with van der Waals surface area (Å²) in [5.74, 6) is -2.06. The van der Waals surface area contributed by atoms with Crippen LogP contribution in [0.15, 0.2) is 36.8 Å². The van der Waals surface area contributed by atoms with Crippen LogP contribution in [0, 0.1) is 0 Å². The number of carbonyl (C=O) groups is 3. The predicted molar refractivity (Wildman–Crippen MR) is 96.3 cm³/mol. The van der Waals surface area contributed by atoms with Gasteiger partial charge in [0.25, 0.3) is 5.91 Å². The van der Waals surface area contributed by atoms with Gasteiger partial charge in [-0.15, -0.1) is 0 Å². The Morgan fingerprint density at radius 3 is 2.86 bits per heavy atom. The molecule has 1 aliphatic rings. The second kappa shape index (κ2) is 6.76. The van der Waals surface area contributed by atoms with Gasteiger partial charge in [-0.3, -0.25) is 9.20 Å². The number of nitrogens with zero attached hydrogens (tertiary/aromatic N) is 3. The Kier molecular flexibility index (Phi) is 4.26. The molecular formula is C19H16N4O5. The minimum atomic E-state index is -1.18. The van der Waals surface area contributed by atoms with E-state index in [0.29, 0.717) is 18.4 Å². The number of esters is 1. The van der Waals surface area contributed by atoms with Crippen molar-refractivity contribution in [2.75, 3.05) is 7.11 Å². The maximum Gasteiger partial charge on any atom is 0.353 e. The van der Waals surface area contributed by atoms with Crippen molar-refractivity contribution in [3.8, 4) is 0 Å². The zero-order valence-electron chi connectivity index (χ0n) is 14.9. The quantitative estimate of drug-likeness (QED) is 0.660. The molecule has 2 N–H and O–H groups in total. The molecule has 0 unspecified atom stereocenters. The molecule has 0 saturated carbocycles. The average Bonchev–Trinajstić information content (AvgIpc) is 3.32. The van der Waals surface area contributed by atoms with Gasteiger partial charge in [-0.1, -0.05) is 6.07 Å². The number of rotatable bonds is 4. The summed E-state index contributed by atoms with van der Waals surface area (Å²) >= 11 is 0. The first-order chi connectivity index (χ1) is 13.5. The molecule has 1 aliphatic carbocycles. The smallest absolute Gasteiger partial charge is 0.353 e. The number of hydrogen-bond donors (Lipinski definition) is 2. The molecular weight excluding hydrogens is 364 g/mol. The molecule has 2 aromatic heterocycles. The van der Waals surface area contributed by atoms with Crippen LogP contribution >= 0.6 is 0 Å². The van der Waals surface area contributed by atoms with Gasteiger partial charge >= 0.3 is 11.9 Å². The van der Waals surface area contributed by atoms with E-state index < -0.39 is 17.8 Å². The van der Waals surface area contributed by atoms with Crippen LogP contribution in [0.3, 0.4) is 0 Å². The first-order valence-electron chi connectivity index (χ1n) is 8.56. The lowest BCUT2D eigenvalue weighted by Gasteiger charge is -2.14. The molecule has 0 spiro atoms. The summed E-state index contributed by atoms with van der Waals surface area (Å²) in [6.07, 6.45) is 4.11. The van der Waals surface area contributed by atoms with Gasteiger partial charge in [0.05, 0.1) is 24.9 Å². The molecule has 3 aromatic rings. The second-order valence-electron chi connectivity index (χ2n) is 6.42. The molecule has 28 heavy (non-hydrogen) atoms. The summed E-state index contributed by atoms with van der Waals surface area (Å²) in [6.45, 7) is 0. The number of hydrogen-bond acceptors (Lipinski definition) is 6. The zero-order chi connectivity index (χ0) is 19.8. The standard InChI is InChI=1S/C19H16N4O5/c1-28-19(27)11-2-4-12-10(6-11)3-5-13(12)22-17(24)14-7-15(18(25)26)23-9-20-8-16(23)21-14/h2,4,6-9,13H,3,5H2,1H3,(H,22,24)(H,25,26)/t13-/m0/s1. The minimum Gasteiger partial charge on any atom is -0.477 e. The van der Waals surface area contributed by atoms with Crippen molar-refractivity contribution in [3.63, 3.8) is 0 Å². The van der Waals surface area contributed by atoms with Crippen LogP contribution in [0.25, 0.3) is 5.65 Å². The van der Waals surface area contributed by atoms with E-state index in [9.17, 15) is 19.5 Å². The van der Waals surface area contributed by atoms with E-state index in [0.717, 1.165) is 11.1 Å². The minimum absolute atomic E-state index is 0.00466. The number of fused-ring (bicyclic) bond motifs is 2. The summed E-state index contributed by atoms with van der Waals surface area (Å²) in [4.78, 5) is 43.9. The van der Waals surface area contributed by atoms with E-state index in [4.69, 9.17) is 4.74 Å². The predicted octanol–water partition coefficient (Wildman–Crippen LogP) is 1.63. The van der Waals surface area contributed by atoms with Crippen LogP contribution in [-0.4, -0.2) is 44.4 Å². The number of nitrogens with one attached hydrogen (secondary N) is 1. The monoisotopic (exact) mass is 380 g/mol. The number of aryl methyl sites for hydroxylation is 1. The fourth-order valence-corrected chi connectivity index (χ4v) is 3.44. The highest BCUT2D eigenvalue weighted by atomic mass is 16.5. The number of methoxy groups -OCH3 is 1. The third kappa shape index (κ3) is 2.96. The molecule has 4 rings (SSSR count). The Balaban J connectivity index is 1.60. The molecule has 0 saturated heterocycles. The van der Waals surface area contributed by atoms with Crippen molar-refractivity contribution in [2.24, 2.45) is 0 Å². The van der Waals surface area contributed by atoms with Crippen LogP contribution in [0.1, 0.15) is 54.9 Å². The molecule has 0 radical (unpaired) electrons. The first-order valence-corrected chi connectivity index (χ1v) is 8.56. The van der Waals surface area contributed by atoms with E-state index >= 15 is 0 Å². The van der Waals surface area contributed by atoms with Gasteiger partial charge in [-0.25, -0.2) is 19.6 Å². The Morgan fingerprint density at radius 1 is 1.29 bits per heavy atom. The first kappa shape index (κ1) is 17.7. The third-order valence-electron chi connectivity index (χ3n) is 4.79. The molecule has 1 amide bonds. The highest BCUT2D eigenvalue weighted by molar-refractivity contribution is 5.96. The number of ether oxygens (including phenoxy) is 1. The molecule has 0 fully saturated rings. The SMILES string of the molecule is COC(=O)c1ccc2c(c1)CC[C@@H]2NC(=O)c1cc(C(=O)O)n2cncc2n1. The Hall–Kier alpha value is -3.75. The summed E-state index contributed by atoms with van der Waals surface area (Å²) in [5.41, 5.74) is 2.54. The van der Waals surface area contributed by atoms with Gasteiger partial charge in [0.15, 0.2) is 5.65 Å². The molecule has 1 atom stereocenters. The Morgan fingerprint density at radius 2 is 2.11 bits per heavy atom. The molecule has 9 nitrogen and oxygen atoms in total. The summed E-state index contributed by atoms with van der Waals surface area (Å²) < 4.78 is 6.04. The molecule has 2 heterocycles. The topological polar surface area (TPSA) is 123 Å². The molecule has 142 valence electrons. The number of amides is 1. The summed E-state index contributed by atoms with van der Waals surface area (Å²) in [5, 5.41) is 12.3. The van der Waals surface area contributed by atoms with Crippen LogP contribution in [-0.2, 0) is 11.2 Å². The normalized spacial score (nSPS) is 15.2. The molecule has 1 aromatic carbocycles. The molecule has 9 heteroatoms. The third-order valence-corrected chi connectivity index (χ3v) is 4.79. The van der Waals surface area contributed by atoms with Crippen LogP contribution in [0.2, 0.25) is 0 Å². The van der Waals surface area contributed by atoms with Gasteiger partial charge < -0.3 is 15.2 Å². The lowest BCUT2D eigenvalue weighted by Crippen LogP contribution is -2.28. The van der Waals surface area contributed by atoms with E-state index in [2.05, 4.69) is 15.3 Å². The lowest BCUT2D eigenvalue weighted by atomic mass is 10.0. The van der Waals surface area contributed by atoms with Crippen molar-refractivity contribution >= 4 is 23.5 Å². The summed E-state index contributed by atoms with van der Waals surface area (Å²) in [6, 6.07) is 6.21. The van der Waals surface area contributed by atoms with E-state index in [1.54, 1.807) is 18.2 Å². The van der Waals surface area contributed by atoms with Crippen molar-refractivity contribution in [3.05, 3.63) is 64.9 Å². The average molecular weight is 380 g/mol. The fourth-order valence-electron chi connectivity index (χ4n) is 3.44. The van der Waals surface area contributed by atoms with E-state index in [1.165, 1.54) is 30.1 Å². The molecule has 0 bridgehead atoms. The van der Waals surface area contributed by atoms with E-state index in [-0.39, 0.29) is 23.1 Å². The number of benzene rings is 1. The second-order valence-corrected chi connectivity index (χ2v) is 6.42. The van der Waals surface area contributed by atoms with Gasteiger partial charge in [0.1, 0.15) is 17.7 Å². The van der Waals surface area contributed by atoms with Crippen molar-refractivity contribution in [1.29, 1.82) is 0 Å². The number of imidazole rings is 1. The number of carboxylic acids is 1. The maximum atomic E-state index is 12.7. The van der Waals surface area contributed by atoms with Gasteiger partial charge in [0, 0.05) is 6.07 Å². The highest BCUT2D eigenvalue weighted by Gasteiger charge is 2.26. The van der Waals surface area contributed by atoms with Crippen LogP contribution < -0.4 is 5.32 Å². The van der Waals surface area contributed by atoms with Crippen molar-refractivity contribution < 1.29 is 24.2 Å². The highest BCUT2D eigenvalue weighted by Crippen LogP contribution is 2.32. The van der Waals surface area contributed by atoms with Gasteiger partial charge in [0.2, 0.25) is 0 Å². The van der Waals surface area contributed by atoms with Crippen molar-refractivity contribution in [1.82, 2.24) is 19.7 Å².